The van der Waals surface area contributed by atoms with Gasteiger partial charge in [-0.1, -0.05) is 0 Å². The van der Waals surface area contributed by atoms with Crippen LogP contribution >= 0.6 is 0 Å². The van der Waals surface area contributed by atoms with Crippen molar-refractivity contribution in [1.82, 2.24) is 0 Å². The summed E-state index contributed by atoms with van der Waals surface area (Å²) in [5.41, 5.74) is 1.88. The molecule has 0 aromatic heterocycles. The smallest absolute Gasteiger partial charge is 0.123 e. The molecule has 2 N–H and O–H groups in total. The second-order valence-electron chi connectivity index (χ2n) is 3.66. The molecule has 2 nitrogen and oxygen atoms in total. The van der Waals surface area contributed by atoms with Gasteiger partial charge in [-0.2, -0.15) is 0 Å². The second kappa shape index (κ2) is 2.91. The molecule has 0 heterocycles. The first kappa shape index (κ1) is 8.88. The van der Waals surface area contributed by atoms with Gasteiger partial charge in [-0.25, -0.2) is 0 Å². The summed E-state index contributed by atoms with van der Waals surface area (Å²) in [7, 11) is 0. The summed E-state index contributed by atoms with van der Waals surface area (Å²) < 4.78 is 0. The summed E-state index contributed by atoms with van der Waals surface area (Å²) in [6, 6.07) is 7.12. The molecule has 0 aliphatic carbocycles. The summed E-state index contributed by atoms with van der Waals surface area (Å²) in [6.45, 7) is 3.77. The van der Waals surface area contributed by atoms with Crippen LogP contribution in [0.1, 0.15) is 11.1 Å². The fourth-order valence-electron chi connectivity index (χ4n) is 1.70. The Morgan fingerprint density at radius 1 is 0.714 bits per heavy atom. The average Bonchev–Trinajstić information content (AvgIpc) is 2.07. The Kier molecular flexibility index (Phi) is 1.84. The molecule has 14 heavy (non-hydrogen) atoms. The van der Waals surface area contributed by atoms with E-state index in [1.54, 1.807) is 12.1 Å². The number of rotatable bonds is 0. The predicted molar refractivity (Wildman–Crippen MR) is 56.8 cm³/mol. The molecule has 0 amide bonds. The molecule has 0 unspecified atom stereocenters. The molecule has 0 saturated carbocycles. The summed E-state index contributed by atoms with van der Waals surface area (Å²) in [5, 5.41) is 20.8. The molecule has 0 saturated heterocycles. The number of aryl methyl sites for hydroxylation is 2. The van der Waals surface area contributed by atoms with Crippen LogP contribution in [0.3, 0.4) is 0 Å². The van der Waals surface area contributed by atoms with Crippen molar-refractivity contribution >= 4 is 10.8 Å². The quantitative estimate of drug-likeness (QED) is 0.667. The van der Waals surface area contributed by atoms with Gasteiger partial charge >= 0.3 is 0 Å². The first-order valence-electron chi connectivity index (χ1n) is 4.51. The van der Waals surface area contributed by atoms with E-state index in [0.29, 0.717) is 10.8 Å². The standard InChI is InChI=1S/C12H12O2/c1-7-3-9-10(11(13)5-7)4-8(2)6-12(9)14/h3-6,13-14H,1-2H3. The van der Waals surface area contributed by atoms with Crippen molar-refractivity contribution in [2.24, 2.45) is 0 Å². The minimum atomic E-state index is 0.221. The topological polar surface area (TPSA) is 40.5 Å². The highest BCUT2D eigenvalue weighted by Gasteiger charge is 2.05. The van der Waals surface area contributed by atoms with E-state index >= 15 is 0 Å². The third-order valence-corrected chi connectivity index (χ3v) is 2.31. The number of hydrogen-bond acceptors (Lipinski definition) is 2. The van der Waals surface area contributed by atoms with Gasteiger partial charge in [-0.15, -0.1) is 0 Å². The first-order valence-corrected chi connectivity index (χ1v) is 4.51. The maximum atomic E-state index is 9.69. The van der Waals surface area contributed by atoms with E-state index in [9.17, 15) is 10.2 Å². The van der Waals surface area contributed by atoms with E-state index in [1.165, 1.54) is 0 Å². The monoisotopic (exact) mass is 188 g/mol. The molecule has 2 aromatic rings. The minimum Gasteiger partial charge on any atom is -0.507 e. The molecular weight excluding hydrogens is 176 g/mol. The van der Waals surface area contributed by atoms with Gasteiger partial charge in [0, 0.05) is 10.8 Å². The number of benzene rings is 2. The highest BCUT2D eigenvalue weighted by molar-refractivity contribution is 5.93. The van der Waals surface area contributed by atoms with Crippen LogP contribution in [-0.4, -0.2) is 10.2 Å². The molecule has 2 rings (SSSR count). The van der Waals surface area contributed by atoms with Crippen molar-refractivity contribution in [1.29, 1.82) is 0 Å². The molecule has 72 valence electrons. The zero-order valence-electron chi connectivity index (χ0n) is 8.20. The first-order chi connectivity index (χ1) is 6.58. The number of phenolic OH excluding ortho intramolecular Hbond substituents is 2. The summed E-state index contributed by atoms with van der Waals surface area (Å²) >= 11 is 0. The normalized spacial score (nSPS) is 10.7. The summed E-state index contributed by atoms with van der Waals surface area (Å²) in [6.07, 6.45) is 0. The van der Waals surface area contributed by atoms with Gasteiger partial charge in [0.15, 0.2) is 0 Å². The van der Waals surface area contributed by atoms with Crippen LogP contribution in [0, 0.1) is 13.8 Å². The van der Waals surface area contributed by atoms with Crippen LogP contribution in [0.2, 0.25) is 0 Å². The number of aromatic hydroxyl groups is 2. The third-order valence-electron chi connectivity index (χ3n) is 2.31. The van der Waals surface area contributed by atoms with Gasteiger partial charge in [0.05, 0.1) is 0 Å². The number of phenols is 2. The fraction of sp³-hybridized carbons (Fsp3) is 0.167. The average molecular weight is 188 g/mol. The number of fused-ring (bicyclic) bond motifs is 1. The van der Waals surface area contributed by atoms with Crippen molar-refractivity contribution in [2.45, 2.75) is 13.8 Å². The summed E-state index contributed by atoms with van der Waals surface area (Å²) in [5.74, 6) is 0.443. The van der Waals surface area contributed by atoms with Crippen LogP contribution in [-0.2, 0) is 0 Å². The molecule has 0 bridgehead atoms. The molecule has 0 fully saturated rings. The maximum absolute atomic E-state index is 9.69. The van der Waals surface area contributed by atoms with Crippen molar-refractivity contribution < 1.29 is 10.2 Å². The van der Waals surface area contributed by atoms with Gasteiger partial charge in [-0.3, -0.25) is 0 Å². The molecular formula is C12H12O2. The van der Waals surface area contributed by atoms with Crippen LogP contribution in [0.4, 0.5) is 0 Å². The molecule has 0 atom stereocenters. The Hall–Kier alpha value is -1.70. The lowest BCUT2D eigenvalue weighted by atomic mass is 10.0. The van der Waals surface area contributed by atoms with Crippen molar-refractivity contribution in [3.63, 3.8) is 0 Å². The van der Waals surface area contributed by atoms with Crippen molar-refractivity contribution in [3.8, 4) is 11.5 Å². The van der Waals surface area contributed by atoms with Crippen LogP contribution in [0.15, 0.2) is 24.3 Å². The van der Waals surface area contributed by atoms with E-state index in [1.807, 2.05) is 26.0 Å². The lowest BCUT2D eigenvalue weighted by molar-refractivity contribution is 0.475. The molecule has 0 aliphatic heterocycles. The lowest BCUT2D eigenvalue weighted by Gasteiger charge is -2.06. The lowest BCUT2D eigenvalue weighted by Crippen LogP contribution is -1.81. The largest absolute Gasteiger partial charge is 0.507 e. The Balaban J connectivity index is 2.94. The zero-order valence-corrected chi connectivity index (χ0v) is 8.20. The van der Waals surface area contributed by atoms with Gasteiger partial charge in [-0.05, 0) is 49.2 Å². The SMILES string of the molecule is Cc1cc(O)c2cc(C)cc(O)c2c1. The van der Waals surface area contributed by atoms with E-state index in [-0.39, 0.29) is 11.5 Å². The Labute approximate surface area is 82.4 Å². The van der Waals surface area contributed by atoms with Gasteiger partial charge < -0.3 is 10.2 Å². The Morgan fingerprint density at radius 3 is 1.43 bits per heavy atom. The molecule has 0 spiro atoms. The van der Waals surface area contributed by atoms with Gasteiger partial charge in [0.2, 0.25) is 0 Å². The van der Waals surface area contributed by atoms with Gasteiger partial charge in [0.1, 0.15) is 11.5 Å². The predicted octanol–water partition coefficient (Wildman–Crippen LogP) is 2.87. The molecule has 2 heteroatoms. The van der Waals surface area contributed by atoms with Gasteiger partial charge in [0.25, 0.3) is 0 Å². The maximum Gasteiger partial charge on any atom is 0.123 e. The molecule has 2 aromatic carbocycles. The zero-order chi connectivity index (χ0) is 10.3. The molecule has 0 radical (unpaired) electrons. The van der Waals surface area contributed by atoms with Crippen LogP contribution in [0.5, 0.6) is 11.5 Å². The Morgan fingerprint density at radius 2 is 1.07 bits per heavy atom. The van der Waals surface area contributed by atoms with Crippen LogP contribution < -0.4 is 0 Å². The second-order valence-corrected chi connectivity index (χ2v) is 3.66. The third kappa shape index (κ3) is 1.29. The Bertz CT molecular complexity index is 454. The fourth-order valence-corrected chi connectivity index (χ4v) is 1.70. The van der Waals surface area contributed by atoms with E-state index in [0.717, 1.165) is 11.1 Å². The highest BCUT2D eigenvalue weighted by atomic mass is 16.3. The minimum absolute atomic E-state index is 0.221. The molecule has 0 aliphatic rings. The van der Waals surface area contributed by atoms with E-state index in [2.05, 4.69) is 0 Å². The van der Waals surface area contributed by atoms with E-state index < -0.39 is 0 Å². The van der Waals surface area contributed by atoms with Crippen LogP contribution in [0.25, 0.3) is 10.8 Å². The summed E-state index contributed by atoms with van der Waals surface area (Å²) in [4.78, 5) is 0. The van der Waals surface area contributed by atoms with Crippen molar-refractivity contribution in [3.05, 3.63) is 35.4 Å². The van der Waals surface area contributed by atoms with E-state index in [4.69, 9.17) is 0 Å². The number of hydrogen-bond donors (Lipinski definition) is 2. The van der Waals surface area contributed by atoms with Crippen molar-refractivity contribution in [2.75, 3.05) is 0 Å². The highest BCUT2D eigenvalue weighted by Crippen LogP contribution is 2.33.